The number of nitrogens with one attached hydrogen (secondary N) is 1. The van der Waals surface area contributed by atoms with Gasteiger partial charge in [-0.15, -0.1) is 0 Å². The average molecular weight is 261 g/mol. The maximum Gasteiger partial charge on any atom is 0.176 e. The van der Waals surface area contributed by atoms with E-state index >= 15 is 0 Å². The van der Waals surface area contributed by atoms with Gasteiger partial charge in [-0.05, 0) is 25.1 Å². The highest BCUT2D eigenvalue weighted by atomic mass is 16.7. The molecule has 1 unspecified atom stereocenters. The summed E-state index contributed by atoms with van der Waals surface area (Å²) in [7, 11) is 3.26. The third-order valence-electron chi connectivity index (χ3n) is 2.91. The molecule has 19 heavy (non-hydrogen) atoms. The standard InChI is InChI=1S/C14H19N3O2/c1-11(14(18-2)19-3)16-12-7-4-5-8-13(12)17-10-6-9-15-17/h4-11,14,16H,1-3H3. The normalized spacial score (nSPS) is 12.6. The number of aromatic nitrogens is 2. The van der Waals surface area contributed by atoms with Gasteiger partial charge in [0.25, 0.3) is 0 Å². The molecule has 0 aliphatic heterocycles. The van der Waals surface area contributed by atoms with E-state index in [1.165, 1.54) is 0 Å². The van der Waals surface area contributed by atoms with Crippen LogP contribution in [0.3, 0.4) is 0 Å². The number of anilines is 1. The van der Waals surface area contributed by atoms with E-state index in [1.807, 2.05) is 48.1 Å². The Labute approximate surface area is 113 Å². The quantitative estimate of drug-likeness (QED) is 0.811. The van der Waals surface area contributed by atoms with Gasteiger partial charge < -0.3 is 14.8 Å². The lowest BCUT2D eigenvalue weighted by Gasteiger charge is -2.24. The lowest BCUT2D eigenvalue weighted by Crippen LogP contribution is -2.34. The van der Waals surface area contributed by atoms with Gasteiger partial charge in [-0.1, -0.05) is 12.1 Å². The van der Waals surface area contributed by atoms with E-state index in [0.717, 1.165) is 11.4 Å². The Morgan fingerprint density at radius 3 is 2.53 bits per heavy atom. The molecule has 0 amide bonds. The van der Waals surface area contributed by atoms with E-state index in [2.05, 4.69) is 10.4 Å². The Bertz CT molecular complexity index is 495. The molecular weight excluding hydrogens is 242 g/mol. The van der Waals surface area contributed by atoms with E-state index < -0.39 is 0 Å². The fourth-order valence-corrected chi connectivity index (χ4v) is 2.02. The third-order valence-corrected chi connectivity index (χ3v) is 2.91. The molecule has 1 aromatic heterocycles. The van der Waals surface area contributed by atoms with E-state index in [4.69, 9.17) is 9.47 Å². The van der Waals surface area contributed by atoms with Crippen LogP contribution in [0.25, 0.3) is 5.69 Å². The summed E-state index contributed by atoms with van der Waals surface area (Å²) in [6.07, 6.45) is 3.37. The van der Waals surface area contributed by atoms with Gasteiger partial charge in [0.15, 0.2) is 6.29 Å². The number of rotatable bonds is 6. The van der Waals surface area contributed by atoms with Gasteiger partial charge in [0.05, 0.1) is 17.4 Å². The molecule has 0 bridgehead atoms. The number of nitrogens with zero attached hydrogens (tertiary/aromatic N) is 2. The van der Waals surface area contributed by atoms with Crippen molar-refractivity contribution in [1.82, 2.24) is 9.78 Å². The molecule has 0 saturated carbocycles. The molecule has 0 radical (unpaired) electrons. The molecular formula is C14H19N3O2. The Kier molecular flexibility index (Phi) is 4.54. The van der Waals surface area contributed by atoms with Crippen LogP contribution < -0.4 is 5.32 Å². The smallest absolute Gasteiger partial charge is 0.176 e. The summed E-state index contributed by atoms with van der Waals surface area (Å²) < 4.78 is 12.3. The van der Waals surface area contributed by atoms with Crippen LogP contribution in [0.5, 0.6) is 0 Å². The fraction of sp³-hybridized carbons (Fsp3) is 0.357. The molecule has 0 aliphatic carbocycles. The number of hydrogen-bond donors (Lipinski definition) is 1. The molecule has 5 heteroatoms. The van der Waals surface area contributed by atoms with Crippen molar-refractivity contribution in [2.24, 2.45) is 0 Å². The average Bonchev–Trinajstić information content (AvgIpc) is 2.94. The molecule has 0 saturated heterocycles. The van der Waals surface area contributed by atoms with Crippen molar-refractivity contribution >= 4 is 5.69 Å². The van der Waals surface area contributed by atoms with Gasteiger partial charge in [-0.25, -0.2) is 4.68 Å². The first-order chi connectivity index (χ1) is 9.26. The molecule has 0 fully saturated rings. The molecule has 1 heterocycles. The van der Waals surface area contributed by atoms with Crippen LogP contribution in [0.1, 0.15) is 6.92 Å². The molecule has 5 nitrogen and oxygen atoms in total. The zero-order valence-electron chi connectivity index (χ0n) is 11.4. The second kappa shape index (κ2) is 6.36. The number of hydrogen-bond acceptors (Lipinski definition) is 4. The van der Waals surface area contributed by atoms with Gasteiger partial charge in [0.1, 0.15) is 0 Å². The van der Waals surface area contributed by atoms with E-state index in [0.29, 0.717) is 0 Å². The largest absolute Gasteiger partial charge is 0.376 e. The fourth-order valence-electron chi connectivity index (χ4n) is 2.02. The zero-order chi connectivity index (χ0) is 13.7. The summed E-state index contributed by atoms with van der Waals surface area (Å²) in [5.74, 6) is 0. The van der Waals surface area contributed by atoms with Crippen molar-refractivity contribution in [2.75, 3.05) is 19.5 Å². The Morgan fingerprint density at radius 1 is 1.16 bits per heavy atom. The first-order valence-electron chi connectivity index (χ1n) is 6.17. The van der Waals surface area contributed by atoms with Crippen molar-refractivity contribution in [3.05, 3.63) is 42.7 Å². The highest BCUT2D eigenvalue weighted by molar-refractivity contribution is 5.61. The second-order valence-electron chi connectivity index (χ2n) is 4.24. The SMILES string of the molecule is COC(OC)C(C)Nc1ccccc1-n1cccn1. The number of para-hydroxylation sites is 2. The van der Waals surface area contributed by atoms with Crippen molar-refractivity contribution in [3.8, 4) is 5.69 Å². The van der Waals surface area contributed by atoms with E-state index in [9.17, 15) is 0 Å². The second-order valence-corrected chi connectivity index (χ2v) is 4.24. The van der Waals surface area contributed by atoms with Crippen LogP contribution in [0, 0.1) is 0 Å². The lowest BCUT2D eigenvalue weighted by atomic mass is 10.2. The number of benzene rings is 1. The summed E-state index contributed by atoms with van der Waals surface area (Å²) in [5, 5.41) is 7.64. The van der Waals surface area contributed by atoms with Gasteiger partial charge in [-0.2, -0.15) is 5.10 Å². The molecule has 2 aromatic rings. The topological polar surface area (TPSA) is 48.3 Å². The lowest BCUT2D eigenvalue weighted by molar-refractivity contribution is -0.109. The van der Waals surface area contributed by atoms with Crippen LogP contribution in [-0.4, -0.2) is 36.3 Å². The van der Waals surface area contributed by atoms with Gasteiger partial charge in [-0.3, -0.25) is 0 Å². The van der Waals surface area contributed by atoms with Crippen LogP contribution in [-0.2, 0) is 9.47 Å². The van der Waals surface area contributed by atoms with Gasteiger partial charge >= 0.3 is 0 Å². The Morgan fingerprint density at radius 2 is 1.89 bits per heavy atom. The Hall–Kier alpha value is -1.85. The molecule has 102 valence electrons. The van der Waals surface area contributed by atoms with Crippen molar-refractivity contribution in [1.29, 1.82) is 0 Å². The van der Waals surface area contributed by atoms with Crippen molar-refractivity contribution < 1.29 is 9.47 Å². The summed E-state index contributed by atoms with van der Waals surface area (Å²) >= 11 is 0. The molecule has 1 atom stereocenters. The minimum atomic E-state index is -0.300. The predicted octanol–water partition coefficient (Wildman–Crippen LogP) is 2.29. The van der Waals surface area contributed by atoms with Crippen LogP contribution >= 0.6 is 0 Å². The third kappa shape index (κ3) is 3.13. The maximum atomic E-state index is 5.26. The summed E-state index contributed by atoms with van der Waals surface area (Å²) in [4.78, 5) is 0. The number of ether oxygens (including phenoxy) is 2. The first-order valence-corrected chi connectivity index (χ1v) is 6.17. The van der Waals surface area contributed by atoms with E-state index in [1.54, 1.807) is 20.4 Å². The molecule has 0 aliphatic rings. The maximum absolute atomic E-state index is 5.26. The highest BCUT2D eigenvalue weighted by Gasteiger charge is 2.16. The zero-order valence-corrected chi connectivity index (χ0v) is 11.4. The Balaban J connectivity index is 2.21. The molecule has 1 N–H and O–H groups in total. The highest BCUT2D eigenvalue weighted by Crippen LogP contribution is 2.20. The molecule has 1 aromatic carbocycles. The molecule has 2 rings (SSSR count). The summed E-state index contributed by atoms with van der Waals surface area (Å²) in [6, 6.07) is 9.90. The predicted molar refractivity (Wildman–Crippen MR) is 74.5 cm³/mol. The van der Waals surface area contributed by atoms with Gasteiger partial charge in [0.2, 0.25) is 0 Å². The van der Waals surface area contributed by atoms with E-state index in [-0.39, 0.29) is 12.3 Å². The van der Waals surface area contributed by atoms with Crippen LogP contribution in [0.15, 0.2) is 42.7 Å². The number of methoxy groups -OCH3 is 2. The van der Waals surface area contributed by atoms with Gasteiger partial charge in [0, 0.05) is 26.6 Å². The minimum absolute atomic E-state index is 0.0201. The molecule has 0 spiro atoms. The van der Waals surface area contributed by atoms with Crippen LogP contribution in [0.4, 0.5) is 5.69 Å². The summed E-state index contributed by atoms with van der Waals surface area (Å²) in [5.41, 5.74) is 1.98. The monoisotopic (exact) mass is 261 g/mol. The van der Waals surface area contributed by atoms with Crippen molar-refractivity contribution in [2.45, 2.75) is 19.3 Å². The van der Waals surface area contributed by atoms with Crippen molar-refractivity contribution in [3.63, 3.8) is 0 Å². The minimum Gasteiger partial charge on any atom is -0.376 e. The first kappa shape index (κ1) is 13.6. The summed E-state index contributed by atoms with van der Waals surface area (Å²) in [6.45, 7) is 2.01. The van der Waals surface area contributed by atoms with Crippen LogP contribution in [0.2, 0.25) is 0 Å².